The van der Waals surface area contributed by atoms with Gasteiger partial charge in [-0.25, -0.2) is 0 Å². The predicted molar refractivity (Wildman–Crippen MR) is 69.5 cm³/mol. The highest BCUT2D eigenvalue weighted by molar-refractivity contribution is 6.42. The number of hydrogen-bond donors (Lipinski definition) is 1. The van der Waals surface area contributed by atoms with Crippen molar-refractivity contribution in [3.63, 3.8) is 0 Å². The fourth-order valence-electron chi connectivity index (χ4n) is 1.51. The molecule has 0 fully saturated rings. The molecular formula is C12H15Cl2NO2. The van der Waals surface area contributed by atoms with Crippen LogP contribution in [0.5, 0.6) is 0 Å². The summed E-state index contributed by atoms with van der Waals surface area (Å²) in [6.45, 7) is 2.20. The van der Waals surface area contributed by atoms with Crippen molar-refractivity contribution in [1.29, 1.82) is 0 Å². The molecule has 1 atom stereocenters. The van der Waals surface area contributed by atoms with E-state index in [9.17, 15) is 4.79 Å². The molecule has 1 aromatic rings. The van der Waals surface area contributed by atoms with E-state index in [-0.39, 0.29) is 18.6 Å². The van der Waals surface area contributed by atoms with Gasteiger partial charge < -0.3 is 10.1 Å². The quantitative estimate of drug-likeness (QED) is 0.839. The molecule has 0 saturated heterocycles. The highest BCUT2D eigenvalue weighted by atomic mass is 35.5. The molecule has 0 aliphatic carbocycles. The first kappa shape index (κ1) is 14.3. The van der Waals surface area contributed by atoms with Crippen molar-refractivity contribution in [1.82, 2.24) is 5.32 Å². The number of ether oxygens (including phenoxy) is 1. The summed E-state index contributed by atoms with van der Waals surface area (Å²) in [5.41, 5.74) is 1.01. The van der Waals surface area contributed by atoms with Crippen LogP contribution < -0.4 is 5.32 Å². The SMILES string of the molecule is CCC(NCC(=O)OC)c1ccc(Cl)c(Cl)c1. The van der Waals surface area contributed by atoms with Gasteiger partial charge in [-0.1, -0.05) is 36.2 Å². The molecule has 17 heavy (non-hydrogen) atoms. The molecule has 0 aromatic heterocycles. The number of methoxy groups -OCH3 is 1. The molecule has 1 rings (SSSR count). The first-order valence-electron chi connectivity index (χ1n) is 5.33. The van der Waals surface area contributed by atoms with Crippen LogP contribution in [0.3, 0.4) is 0 Å². The maximum Gasteiger partial charge on any atom is 0.319 e. The topological polar surface area (TPSA) is 38.3 Å². The van der Waals surface area contributed by atoms with E-state index in [4.69, 9.17) is 23.2 Å². The van der Waals surface area contributed by atoms with Crippen molar-refractivity contribution >= 4 is 29.2 Å². The second kappa shape index (κ2) is 6.84. The molecule has 0 saturated carbocycles. The van der Waals surface area contributed by atoms with Crippen LogP contribution >= 0.6 is 23.2 Å². The minimum absolute atomic E-state index is 0.0591. The Morgan fingerprint density at radius 3 is 2.65 bits per heavy atom. The zero-order valence-electron chi connectivity index (χ0n) is 9.80. The summed E-state index contributed by atoms with van der Waals surface area (Å²) in [6.07, 6.45) is 0.842. The third-order valence-corrected chi connectivity index (χ3v) is 3.21. The Balaban J connectivity index is 2.72. The van der Waals surface area contributed by atoms with Crippen LogP contribution in [0.2, 0.25) is 10.0 Å². The molecule has 0 spiro atoms. The molecule has 1 N–H and O–H groups in total. The van der Waals surface area contributed by atoms with E-state index in [0.717, 1.165) is 12.0 Å². The normalized spacial score (nSPS) is 12.2. The van der Waals surface area contributed by atoms with Gasteiger partial charge in [0.25, 0.3) is 0 Å². The van der Waals surface area contributed by atoms with Gasteiger partial charge in [-0.05, 0) is 24.1 Å². The number of nitrogens with one attached hydrogen (secondary N) is 1. The minimum Gasteiger partial charge on any atom is -0.468 e. The van der Waals surface area contributed by atoms with Crippen molar-refractivity contribution in [3.8, 4) is 0 Å². The van der Waals surface area contributed by atoms with Gasteiger partial charge in [0, 0.05) is 6.04 Å². The second-order valence-corrected chi connectivity index (χ2v) is 4.41. The third kappa shape index (κ3) is 4.19. The van der Waals surface area contributed by atoms with Crippen LogP contribution in [-0.2, 0) is 9.53 Å². The number of hydrogen-bond acceptors (Lipinski definition) is 3. The summed E-state index contributed by atoms with van der Waals surface area (Å²) in [4.78, 5) is 11.1. The molecule has 0 heterocycles. The van der Waals surface area contributed by atoms with Crippen LogP contribution in [0.15, 0.2) is 18.2 Å². The van der Waals surface area contributed by atoms with Crippen LogP contribution in [0, 0.1) is 0 Å². The summed E-state index contributed by atoms with van der Waals surface area (Å²) in [5.74, 6) is -0.288. The summed E-state index contributed by atoms with van der Waals surface area (Å²) in [7, 11) is 1.37. The standard InChI is InChI=1S/C12H15Cl2NO2/c1-3-11(15-7-12(16)17-2)8-4-5-9(13)10(14)6-8/h4-6,11,15H,3,7H2,1-2H3. The third-order valence-electron chi connectivity index (χ3n) is 2.47. The lowest BCUT2D eigenvalue weighted by atomic mass is 10.0. The summed E-state index contributed by atoms with van der Waals surface area (Å²) >= 11 is 11.8. The highest BCUT2D eigenvalue weighted by Crippen LogP contribution is 2.26. The zero-order chi connectivity index (χ0) is 12.8. The lowest BCUT2D eigenvalue weighted by Crippen LogP contribution is -2.28. The number of carbonyl (C=O) groups excluding carboxylic acids is 1. The van der Waals surface area contributed by atoms with E-state index in [1.807, 2.05) is 19.1 Å². The van der Waals surface area contributed by atoms with Crippen LogP contribution in [0.4, 0.5) is 0 Å². The predicted octanol–water partition coefficient (Wildman–Crippen LogP) is 3.21. The number of rotatable bonds is 5. The van der Waals surface area contributed by atoms with Gasteiger partial charge in [0.1, 0.15) is 0 Å². The fraction of sp³-hybridized carbons (Fsp3) is 0.417. The maximum atomic E-state index is 11.1. The second-order valence-electron chi connectivity index (χ2n) is 3.59. The molecule has 0 radical (unpaired) electrons. The Labute approximate surface area is 111 Å². The van der Waals surface area contributed by atoms with Gasteiger partial charge in [0.15, 0.2) is 0 Å². The molecule has 5 heteroatoms. The van der Waals surface area contributed by atoms with E-state index in [1.54, 1.807) is 6.07 Å². The van der Waals surface area contributed by atoms with Gasteiger partial charge in [0.05, 0.1) is 23.7 Å². The van der Waals surface area contributed by atoms with Crippen LogP contribution in [-0.4, -0.2) is 19.6 Å². The minimum atomic E-state index is -0.288. The van der Waals surface area contributed by atoms with Crippen molar-refractivity contribution in [2.45, 2.75) is 19.4 Å². The molecule has 0 aliphatic rings. The Kier molecular flexibility index (Phi) is 5.75. The lowest BCUT2D eigenvalue weighted by Gasteiger charge is -2.17. The first-order valence-corrected chi connectivity index (χ1v) is 6.09. The van der Waals surface area contributed by atoms with Gasteiger partial charge in [-0.2, -0.15) is 0 Å². The summed E-state index contributed by atoms with van der Waals surface area (Å²) in [6, 6.07) is 5.51. The van der Waals surface area contributed by atoms with E-state index < -0.39 is 0 Å². The Hall–Kier alpha value is -0.770. The van der Waals surface area contributed by atoms with Gasteiger partial charge in [-0.15, -0.1) is 0 Å². The van der Waals surface area contributed by atoms with Crippen molar-refractivity contribution in [2.75, 3.05) is 13.7 Å². The number of esters is 1. The summed E-state index contributed by atoms with van der Waals surface area (Å²) < 4.78 is 4.58. The van der Waals surface area contributed by atoms with E-state index in [0.29, 0.717) is 10.0 Å². The number of carbonyl (C=O) groups is 1. The Morgan fingerprint density at radius 1 is 1.41 bits per heavy atom. The number of benzene rings is 1. The van der Waals surface area contributed by atoms with Gasteiger partial charge >= 0.3 is 5.97 Å². The Bertz CT molecular complexity index is 396. The summed E-state index contributed by atoms with van der Waals surface area (Å²) in [5, 5.41) is 4.15. The van der Waals surface area contributed by atoms with E-state index in [1.165, 1.54) is 7.11 Å². The largest absolute Gasteiger partial charge is 0.468 e. The molecule has 0 aliphatic heterocycles. The highest BCUT2D eigenvalue weighted by Gasteiger charge is 2.12. The average molecular weight is 276 g/mol. The fourth-order valence-corrected chi connectivity index (χ4v) is 1.81. The molecule has 1 unspecified atom stereocenters. The molecule has 0 amide bonds. The van der Waals surface area contributed by atoms with Crippen LogP contribution in [0.25, 0.3) is 0 Å². The van der Waals surface area contributed by atoms with E-state index in [2.05, 4.69) is 10.1 Å². The smallest absolute Gasteiger partial charge is 0.319 e. The molecule has 0 bridgehead atoms. The average Bonchev–Trinajstić information content (AvgIpc) is 2.33. The molecule has 3 nitrogen and oxygen atoms in total. The number of halogens is 2. The molecule has 94 valence electrons. The maximum absolute atomic E-state index is 11.1. The lowest BCUT2D eigenvalue weighted by molar-refractivity contribution is -0.139. The Morgan fingerprint density at radius 2 is 2.12 bits per heavy atom. The van der Waals surface area contributed by atoms with Gasteiger partial charge in [-0.3, -0.25) is 4.79 Å². The van der Waals surface area contributed by atoms with Crippen LogP contribution in [0.1, 0.15) is 24.9 Å². The van der Waals surface area contributed by atoms with Gasteiger partial charge in [0.2, 0.25) is 0 Å². The van der Waals surface area contributed by atoms with Crippen molar-refractivity contribution in [2.24, 2.45) is 0 Å². The monoisotopic (exact) mass is 275 g/mol. The zero-order valence-corrected chi connectivity index (χ0v) is 11.3. The van der Waals surface area contributed by atoms with E-state index >= 15 is 0 Å². The van der Waals surface area contributed by atoms with Crippen molar-refractivity contribution < 1.29 is 9.53 Å². The van der Waals surface area contributed by atoms with Crippen molar-refractivity contribution in [3.05, 3.63) is 33.8 Å². The molecular weight excluding hydrogens is 261 g/mol. The first-order chi connectivity index (χ1) is 8.08. The molecule has 1 aromatic carbocycles.